The Morgan fingerprint density at radius 3 is 1.88 bits per heavy atom. The van der Waals surface area contributed by atoms with Crippen LogP contribution in [-0.2, 0) is 4.79 Å². The van der Waals surface area contributed by atoms with Crippen LogP contribution in [0.15, 0.2) is 0 Å². The second-order valence-corrected chi connectivity index (χ2v) is 1.55. The van der Waals surface area contributed by atoms with E-state index < -0.39 is 5.97 Å². The van der Waals surface area contributed by atoms with E-state index in [1.165, 1.54) is 0 Å². The molecule has 0 heterocycles. The molecule has 0 aliphatic heterocycles. The predicted octanol–water partition coefficient (Wildman–Crippen LogP) is -1.87. The summed E-state index contributed by atoms with van der Waals surface area (Å²) in [6, 6.07) is 0. The van der Waals surface area contributed by atoms with Gasteiger partial charge in [0, 0.05) is 0 Å². The molecule has 0 atom stereocenters. The van der Waals surface area contributed by atoms with Crippen molar-refractivity contribution in [2.75, 3.05) is 10.4 Å². The Balaban J connectivity index is 0. The summed E-state index contributed by atoms with van der Waals surface area (Å²) in [5, 5.41) is 15.2. The van der Waals surface area contributed by atoms with Crippen LogP contribution in [-0.4, -0.2) is 54.5 Å². The van der Waals surface area contributed by atoms with Crippen LogP contribution in [0.4, 0.5) is 0 Å². The van der Waals surface area contributed by atoms with Gasteiger partial charge < -0.3 is 10.8 Å². The molecular formula is C3H8NNaO3. The third-order valence-corrected chi connectivity index (χ3v) is 0.175. The molecule has 0 amide bonds. The number of carbonyl (C=O) groups is 1. The molecule has 0 fully saturated rings. The first-order chi connectivity index (χ1) is 3.68. The van der Waals surface area contributed by atoms with Crippen LogP contribution >= 0.6 is 0 Å². The van der Waals surface area contributed by atoms with E-state index >= 15 is 0 Å². The maximum atomic E-state index is 9.24. The molecule has 0 saturated heterocycles. The average molecular weight is 129 g/mol. The molecule has 0 rings (SSSR count). The zero-order valence-electron chi connectivity index (χ0n) is 4.79. The van der Waals surface area contributed by atoms with Gasteiger partial charge in [0.2, 0.25) is 0 Å². The minimum absolute atomic E-state index is 0.278. The zero-order valence-corrected chi connectivity index (χ0v) is 6.79. The molecule has 0 unspecified atom stereocenters. The summed E-state index contributed by atoms with van der Waals surface area (Å²) >= 11 is 0.924. The van der Waals surface area contributed by atoms with Gasteiger partial charge in [0.05, 0.1) is 6.54 Å². The predicted molar refractivity (Wildman–Crippen MR) is 29.5 cm³/mol. The summed E-state index contributed by atoms with van der Waals surface area (Å²) in [4.78, 5) is 9.24. The standard InChI is InChI=1S/C2H5NO2.CH3O.Na/c3-1-2(4)5;1-2;/h1,3H2,(H,4,5);2H,1H2;. The fourth-order valence-corrected chi connectivity index (χ4v) is 0. The Labute approximate surface area is 65.1 Å². The minimum atomic E-state index is -0.968. The van der Waals surface area contributed by atoms with E-state index in [0.29, 0.717) is 3.86 Å². The molecule has 0 aliphatic rings. The van der Waals surface area contributed by atoms with E-state index in [1.807, 2.05) is 0 Å². The third-order valence-electron chi connectivity index (χ3n) is 0.175. The Bertz CT molecular complexity index is 58.5. The van der Waals surface area contributed by atoms with E-state index in [4.69, 9.17) is 10.2 Å². The van der Waals surface area contributed by atoms with Crippen molar-refractivity contribution in [1.29, 1.82) is 0 Å². The van der Waals surface area contributed by atoms with Crippen molar-refractivity contribution in [1.82, 2.24) is 0 Å². The molecule has 0 radical (unpaired) electrons. The molecule has 0 aromatic heterocycles. The molecule has 0 aromatic carbocycles. The summed E-state index contributed by atoms with van der Waals surface area (Å²) in [6.07, 6.45) is 0. The van der Waals surface area contributed by atoms with Crippen molar-refractivity contribution >= 4 is 33.9 Å². The summed E-state index contributed by atoms with van der Waals surface area (Å²) in [7, 11) is 0. The second-order valence-electron chi connectivity index (χ2n) is 0.914. The number of carboxylic acid groups (broad SMARTS) is 1. The van der Waals surface area contributed by atoms with Crippen LogP contribution in [0, 0.1) is 0 Å². The van der Waals surface area contributed by atoms with E-state index in [2.05, 4.69) is 5.73 Å². The molecule has 4 N–H and O–H groups in total. The van der Waals surface area contributed by atoms with Crippen LogP contribution in [0.2, 0.25) is 0 Å². The molecule has 4 nitrogen and oxygen atoms in total. The van der Waals surface area contributed by atoms with Gasteiger partial charge in [0.15, 0.2) is 0 Å². The third kappa shape index (κ3) is 32.5. The van der Waals surface area contributed by atoms with Crippen molar-refractivity contribution < 1.29 is 15.0 Å². The summed E-state index contributed by atoms with van der Waals surface area (Å²) < 4.78 is 0.389. The first-order valence-corrected chi connectivity index (χ1v) is 3.63. The van der Waals surface area contributed by atoms with E-state index in [0.717, 1.165) is 27.9 Å². The Morgan fingerprint density at radius 2 is 1.88 bits per heavy atom. The number of aliphatic carboxylic acids is 1. The van der Waals surface area contributed by atoms with Crippen molar-refractivity contribution in [3.63, 3.8) is 0 Å². The fourth-order valence-electron chi connectivity index (χ4n) is 0. The first-order valence-electron chi connectivity index (χ1n) is 2.21. The van der Waals surface area contributed by atoms with Gasteiger partial charge in [-0.25, -0.2) is 0 Å². The van der Waals surface area contributed by atoms with Crippen molar-refractivity contribution in [3.05, 3.63) is 0 Å². The number of aliphatic hydroxyl groups is 1. The van der Waals surface area contributed by atoms with E-state index in [1.54, 1.807) is 0 Å². The monoisotopic (exact) mass is 129 g/mol. The summed E-state index contributed by atoms with van der Waals surface area (Å²) in [6.45, 7) is -0.278. The topological polar surface area (TPSA) is 83.6 Å². The first kappa shape index (κ1) is 11.2. The molecule has 0 aliphatic carbocycles. The van der Waals surface area contributed by atoms with Gasteiger partial charge in [0.25, 0.3) is 0 Å². The van der Waals surface area contributed by atoms with Crippen LogP contribution in [0.3, 0.4) is 0 Å². The Hall–Kier alpha value is 0.390. The number of hydrogen-bond acceptors (Lipinski definition) is 3. The number of aliphatic hydroxyl groups excluding tert-OH is 1. The van der Waals surface area contributed by atoms with Gasteiger partial charge in [-0.2, -0.15) is 0 Å². The van der Waals surface area contributed by atoms with Gasteiger partial charge in [-0.3, -0.25) is 4.79 Å². The normalized spacial score (nSPS) is 7.00. The number of nitrogens with two attached hydrogens (primary N) is 1. The van der Waals surface area contributed by atoms with Crippen molar-refractivity contribution in [2.24, 2.45) is 5.73 Å². The SMILES string of the molecule is NCC(=O)O.O[CH2][Na]. The maximum absolute atomic E-state index is 9.24. The average Bonchev–Trinajstić information content (AvgIpc) is 1.69. The molecule has 0 saturated carbocycles. The molecule has 44 valence electrons. The molecular weight excluding hydrogens is 121 g/mol. The molecule has 0 spiro atoms. The van der Waals surface area contributed by atoms with Gasteiger partial charge in [-0.1, -0.05) is 0 Å². The molecule has 8 heavy (non-hydrogen) atoms. The fraction of sp³-hybridized carbons (Fsp3) is 0.667. The van der Waals surface area contributed by atoms with Gasteiger partial charge in [-0.15, -0.1) is 0 Å². The molecule has 0 aromatic rings. The van der Waals surface area contributed by atoms with Gasteiger partial charge in [-0.05, 0) is 0 Å². The summed E-state index contributed by atoms with van der Waals surface area (Å²) in [5.41, 5.74) is 4.57. The zero-order chi connectivity index (χ0) is 6.99. The van der Waals surface area contributed by atoms with Crippen LogP contribution < -0.4 is 5.73 Å². The number of carboxylic acids is 1. The van der Waals surface area contributed by atoms with Gasteiger partial charge in [0.1, 0.15) is 0 Å². The van der Waals surface area contributed by atoms with Crippen LogP contribution in [0.5, 0.6) is 0 Å². The van der Waals surface area contributed by atoms with Crippen LogP contribution in [0.25, 0.3) is 0 Å². The molecule has 5 heteroatoms. The van der Waals surface area contributed by atoms with Crippen molar-refractivity contribution in [3.8, 4) is 0 Å². The Kier molecular flexibility index (Phi) is 14.6. The van der Waals surface area contributed by atoms with Gasteiger partial charge >= 0.3 is 42.9 Å². The van der Waals surface area contributed by atoms with Crippen LogP contribution in [0.1, 0.15) is 0 Å². The number of rotatable bonds is 1. The quantitative estimate of drug-likeness (QED) is 0.362. The second kappa shape index (κ2) is 10.4. The van der Waals surface area contributed by atoms with Crippen molar-refractivity contribution in [2.45, 2.75) is 0 Å². The number of hydrogen-bond donors (Lipinski definition) is 3. The van der Waals surface area contributed by atoms with E-state index in [-0.39, 0.29) is 6.54 Å². The summed E-state index contributed by atoms with van der Waals surface area (Å²) in [5.74, 6) is -0.968. The van der Waals surface area contributed by atoms with E-state index in [9.17, 15) is 4.79 Å². The Morgan fingerprint density at radius 1 is 1.75 bits per heavy atom. The molecule has 0 bridgehead atoms.